The van der Waals surface area contributed by atoms with Gasteiger partial charge < -0.3 is 9.64 Å². The first-order valence-electron chi connectivity index (χ1n) is 4.56. The van der Waals surface area contributed by atoms with Gasteiger partial charge in [0.25, 0.3) is 0 Å². The van der Waals surface area contributed by atoms with Gasteiger partial charge in [-0.05, 0) is 26.4 Å². The lowest BCUT2D eigenvalue weighted by Crippen LogP contribution is -2.27. The lowest BCUT2D eigenvalue weighted by molar-refractivity contribution is 0.241. The number of epoxide rings is 1. The van der Waals surface area contributed by atoms with Gasteiger partial charge in [-0.15, -0.1) is 0 Å². The topological polar surface area (TPSA) is 15.8 Å². The molecule has 11 heavy (non-hydrogen) atoms. The molecule has 0 aromatic heterocycles. The van der Waals surface area contributed by atoms with E-state index in [1.165, 1.54) is 13.0 Å². The fraction of sp³-hybridized carbons (Fsp3) is 1.00. The van der Waals surface area contributed by atoms with E-state index in [0.29, 0.717) is 0 Å². The second-order valence-electron chi connectivity index (χ2n) is 3.52. The molecule has 2 nitrogen and oxygen atoms in total. The first kappa shape index (κ1) is 9.01. The van der Waals surface area contributed by atoms with E-state index in [9.17, 15) is 0 Å². The Morgan fingerprint density at radius 2 is 1.91 bits per heavy atom. The largest absolute Gasteiger partial charge is 0.370 e. The summed E-state index contributed by atoms with van der Waals surface area (Å²) in [7, 11) is 0. The summed E-state index contributed by atoms with van der Waals surface area (Å²) in [6.07, 6.45) is 1.19. The monoisotopic (exact) mass is 157 g/mol. The molecule has 1 saturated heterocycles. The molecule has 66 valence electrons. The van der Waals surface area contributed by atoms with Gasteiger partial charge >= 0.3 is 0 Å². The van der Waals surface area contributed by atoms with Gasteiger partial charge in [0, 0.05) is 6.54 Å². The van der Waals surface area contributed by atoms with Crippen LogP contribution < -0.4 is 0 Å². The third-order valence-electron chi connectivity index (χ3n) is 2.49. The minimum Gasteiger partial charge on any atom is -0.370 e. The fourth-order valence-corrected chi connectivity index (χ4v) is 1.20. The zero-order valence-electron chi connectivity index (χ0n) is 7.89. The quantitative estimate of drug-likeness (QED) is 0.562. The second-order valence-corrected chi connectivity index (χ2v) is 3.52. The smallest absolute Gasteiger partial charge is 0.0900 e. The van der Waals surface area contributed by atoms with Crippen LogP contribution in [0.3, 0.4) is 0 Å². The molecule has 1 aliphatic rings. The third kappa shape index (κ3) is 2.80. The zero-order chi connectivity index (χ0) is 8.32. The standard InChI is InChI=1S/C9H19NO/c1-4-10(5-2)7-6-9(3)8-11-9/h4-8H2,1-3H3. The van der Waals surface area contributed by atoms with Crippen LogP contribution in [-0.2, 0) is 4.74 Å². The van der Waals surface area contributed by atoms with E-state index in [0.717, 1.165) is 19.7 Å². The summed E-state index contributed by atoms with van der Waals surface area (Å²) in [6.45, 7) is 11.1. The van der Waals surface area contributed by atoms with Crippen molar-refractivity contribution in [3.63, 3.8) is 0 Å². The zero-order valence-corrected chi connectivity index (χ0v) is 7.89. The Bertz CT molecular complexity index is 117. The second kappa shape index (κ2) is 3.55. The highest BCUT2D eigenvalue weighted by molar-refractivity contribution is 4.87. The average molecular weight is 157 g/mol. The highest BCUT2D eigenvalue weighted by atomic mass is 16.6. The van der Waals surface area contributed by atoms with Crippen LogP contribution in [0.15, 0.2) is 0 Å². The van der Waals surface area contributed by atoms with E-state index >= 15 is 0 Å². The van der Waals surface area contributed by atoms with Gasteiger partial charge in [0.15, 0.2) is 0 Å². The summed E-state index contributed by atoms with van der Waals surface area (Å²) in [4.78, 5) is 2.44. The Labute approximate surface area is 69.5 Å². The Kier molecular flexibility index (Phi) is 2.90. The molecule has 0 radical (unpaired) electrons. The molecule has 0 aromatic carbocycles. The predicted molar refractivity (Wildman–Crippen MR) is 46.8 cm³/mol. The van der Waals surface area contributed by atoms with Crippen LogP contribution in [0.2, 0.25) is 0 Å². The molecular formula is C9H19NO. The van der Waals surface area contributed by atoms with E-state index in [1.54, 1.807) is 0 Å². The van der Waals surface area contributed by atoms with E-state index in [2.05, 4.69) is 25.7 Å². The first-order chi connectivity index (χ1) is 5.20. The van der Waals surface area contributed by atoms with Crippen LogP contribution in [-0.4, -0.2) is 36.7 Å². The highest BCUT2D eigenvalue weighted by Crippen LogP contribution is 2.29. The molecule has 0 saturated carbocycles. The van der Waals surface area contributed by atoms with Crippen molar-refractivity contribution < 1.29 is 4.74 Å². The number of nitrogens with zero attached hydrogens (tertiary/aromatic N) is 1. The summed E-state index contributed by atoms with van der Waals surface area (Å²) in [5, 5.41) is 0. The molecule has 1 rings (SSSR count). The van der Waals surface area contributed by atoms with Gasteiger partial charge in [-0.25, -0.2) is 0 Å². The molecule has 1 atom stereocenters. The predicted octanol–water partition coefficient (Wildman–Crippen LogP) is 1.51. The molecule has 0 amide bonds. The molecule has 0 N–H and O–H groups in total. The molecular weight excluding hydrogens is 138 g/mol. The molecule has 2 heteroatoms. The average Bonchev–Trinajstić information content (AvgIpc) is 2.71. The summed E-state index contributed by atoms with van der Waals surface area (Å²) < 4.78 is 5.31. The summed E-state index contributed by atoms with van der Waals surface area (Å²) in [6, 6.07) is 0. The fourth-order valence-electron chi connectivity index (χ4n) is 1.20. The lowest BCUT2D eigenvalue weighted by atomic mass is 10.1. The molecule has 0 spiro atoms. The normalized spacial score (nSPS) is 29.5. The summed E-state index contributed by atoms with van der Waals surface area (Å²) in [5.41, 5.74) is 0.239. The Morgan fingerprint density at radius 3 is 2.27 bits per heavy atom. The maximum Gasteiger partial charge on any atom is 0.0900 e. The van der Waals surface area contributed by atoms with Gasteiger partial charge in [0.1, 0.15) is 0 Å². The molecule has 0 aliphatic carbocycles. The van der Waals surface area contributed by atoms with Gasteiger partial charge in [-0.2, -0.15) is 0 Å². The van der Waals surface area contributed by atoms with Crippen molar-refractivity contribution in [2.45, 2.75) is 32.8 Å². The Morgan fingerprint density at radius 1 is 1.36 bits per heavy atom. The van der Waals surface area contributed by atoms with E-state index in [1.807, 2.05) is 0 Å². The minimum atomic E-state index is 0.239. The van der Waals surface area contributed by atoms with Crippen molar-refractivity contribution in [3.8, 4) is 0 Å². The van der Waals surface area contributed by atoms with Crippen LogP contribution in [0.4, 0.5) is 0 Å². The lowest BCUT2D eigenvalue weighted by Gasteiger charge is -2.18. The van der Waals surface area contributed by atoms with Crippen LogP contribution in [0, 0.1) is 0 Å². The molecule has 1 fully saturated rings. The molecule has 1 unspecified atom stereocenters. The molecule has 0 aromatic rings. The van der Waals surface area contributed by atoms with Gasteiger partial charge in [0.2, 0.25) is 0 Å². The first-order valence-corrected chi connectivity index (χ1v) is 4.56. The van der Waals surface area contributed by atoms with Crippen molar-refractivity contribution in [1.82, 2.24) is 4.90 Å². The third-order valence-corrected chi connectivity index (χ3v) is 2.49. The summed E-state index contributed by atoms with van der Waals surface area (Å²) in [5.74, 6) is 0. The van der Waals surface area contributed by atoms with E-state index < -0.39 is 0 Å². The van der Waals surface area contributed by atoms with Gasteiger partial charge in [-0.3, -0.25) is 0 Å². The summed E-state index contributed by atoms with van der Waals surface area (Å²) >= 11 is 0. The van der Waals surface area contributed by atoms with Crippen molar-refractivity contribution in [3.05, 3.63) is 0 Å². The van der Waals surface area contributed by atoms with Crippen LogP contribution in [0.5, 0.6) is 0 Å². The number of hydrogen-bond donors (Lipinski definition) is 0. The van der Waals surface area contributed by atoms with Crippen LogP contribution in [0.1, 0.15) is 27.2 Å². The number of ether oxygens (including phenoxy) is 1. The maximum atomic E-state index is 5.31. The van der Waals surface area contributed by atoms with Gasteiger partial charge in [-0.1, -0.05) is 13.8 Å². The SMILES string of the molecule is CCN(CC)CCC1(C)CO1. The number of rotatable bonds is 5. The molecule has 1 heterocycles. The van der Waals surface area contributed by atoms with E-state index in [-0.39, 0.29) is 5.60 Å². The van der Waals surface area contributed by atoms with E-state index in [4.69, 9.17) is 4.74 Å². The Hall–Kier alpha value is -0.0800. The number of hydrogen-bond acceptors (Lipinski definition) is 2. The Balaban J connectivity index is 2.09. The highest BCUT2D eigenvalue weighted by Gasteiger charge is 2.38. The minimum absolute atomic E-state index is 0.239. The van der Waals surface area contributed by atoms with Crippen LogP contribution >= 0.6 is 0 Å². The molecule has 0 bridgehead atoms. The maximum absolute atomic E-state index is 5.31. The van der Waals surface area contributed by atoms with Crippen molar-refractivity contribution in [2.24, 2.45) is 0 Å². The van der Waals surface area contributed by atoms with Crippen LogP contribution in [0.25, 0.3) is 0 Å². The van der Waals surface area contributed by atoms with Crippen molar-refractivity contribution in [2.75, 3.05) is 26.2 Å². The van der Waals surface area contributed by atoms with Gasteiger partial charge in [0.05, 0.1) is 12.2 Å². The van der Waals surface area contributed by atoms with Crippen molar-refractivity contribution in [1.29, 1.82) is 0 Å². The molecule has 1 aliphatic heterocycles. The van der Waals surface area contributed by atoms with Crippen molar-refractivity contribution >= 4 is 0 Å².